The summed E-state index contributed by atoms with van der Waals surface area (Å²) in [6.45, 7) is 4.02. The van der Waals surface area contributed by atoms with Gasteiger partial charge in [-0.05, 0) is 34.9 Å². The summed E-state index contributed by atoms with van der Waals surface area (Å²) >= 11 is 0. The quantitative estimate of drug-likeness (QED) is 0.677. The summed E-state index contributed by atoms with van der Waals surface area (Å²) in [6, 6.07) is 13.8. The lowest BCUT2D eigenvalue weighted by Crippen LogP contribution is -1.90. The number of hydrogen-bond donors (Lipinski definition) is 0. The van der Waals surface area contributed by atoms with Gasteiger partial charge in [0.15, 0.2) is 0 Å². The molecule has 0 aliphatic carbocycles. The molecule has 1 heteroatoms. The summed E-state index contributed by atoms with van der Waals surface area (Å²) in [6.07, 6.45) is 5.44. The Bertz CT molecular complexity index is 586. The minimum Gasteiger partial charge on any atom is -0.207 e. The highest BCUT2D eigenvalue weighted by Crippen LogP contribution is 2.24. The normalized spacial score (nSPS) is 9.65. The van der Waals surface area contributed by atoms with Crippen LogP contribution in [0, 0.1) is 18.2 Å². The highest BCUT2D eigenvalue weighted by atomic mass is 19.1. The topological polar surface area (TPSA) is 0 Å². The average molecular weight is 222 g/mol. The van der Waals surface area contributed by atoms with E-state index in [2.05, 4.69) is 12.5 Å². The van der Waals surface area contributed by atoms with Crippen LogP contribution in [0.1, 0.15) is 16.7 Å². The highest BCUT2D eigenvalue weighted by Gasteiger charge is 2.06. The van der Waals surface area contributed by atoms with Gasteiger partial charge in [0.25, 0.3) is 0 Å². The van der Waals surface area contributed by atoms with E-state index in [1.807, 2.05) is 24.3 Å². The predicted octanol–water partition coefficient (Wildman–Crippen LogP) is 3.87. The van der Waals surface area contributed by atoms with Crippen LogP contribution in [0.25, 0.3) is 5.57 Å². The van der Waals surface area contributed by atoms with E-state index in [9.17, 15) is 4.39 Å². The third kappa shape index (κ3) is 2.26. The van der Waals surface area contributed by atoms with Gasteiger partial charge < -0.3 is 0 Å². The number of rotatable bonds is 2. The van der Waals surface area contributed by atoms with Gasteiger partial charge in [-0.25, -0.2) is 4.39 Å². The lowest BCUT2D eigenvalue weighted by Gasteiger charge is -2.08. The van der Waals surface area contributed by atoms with E-state index < -0.39 is 0 Å². The van der Waals surface area contributed by atoms with E-state index >= 15 is 0 Å². The Morgan fingerprint density at radius 3 is 2.35 bits per heavy atom. The summed E-state index contributed by atoms with van der Waals surface area (Å²) in [4.78, 5) is 0. The van der Waals surface area contributed by atoms with Crippen LogP contribution in [0.4, 0.5) is 4.39 Å². The molecular formula is C16H11F. The summed E-state index contributed by atoms with van der Waals surface area (Å²) in [5.74, 6) is 2.37. The fourth-order valence-electron chi connectivity index (χ4n) is 1.68. The van der Waals surface area contributed by atoms with Crippen LogP contribution in [0.3, 0.4) is 0 Å². The zero-order valence-corrected chi connectivity index (χ0v) is 9.28. The van der Waals surface area contributed by atoms with Gasteiger partial charge in [-0.3, -0.25) is 0 Å². The zero-order valence-electron chi connectivity index (χ0n) is 9.28. The number of hydrogen-bond acceptors (Lipinski definition) is 0. The fourth-order valence-corrected chi connectivity index (χ4v) is 1.68. The van der Waals surface area contributed by atoms with Crippen molar-refractivity contribution in [2.75, 3.05) is 0 Å². The first-order chi connectivity index (χ1) is 8.22. The lowest BCUT2D eigenvalue weighted by atomic mass is 9.95. The third-order valence-electron chi connectivity index (χ3n) is 2.60. The Labute approximate surface area is 100 Å². The van der Waals surface area contributed by atoms with Crippen molar-refractivity contribution >= 4 is 5.57 Å². The molecule has 0 heterocycles. The molecule has 2 rings (SSSR count). The molecule has 0 unspecified atom stereocenters. The highest BCUT2D eigenvalue weighted by molar-refractivity contribution is 5.81. The van der Waals surface area contributed by atoms with Crippen molar-refractivity contribution in [3.05, 3.63) is 77.6 Å². The SMILES string of the molecule is C#Cc1ccccc1C(=C)c1ccc(F)cc1. The molecule has 0 saturated heterocycles. The van der Waals surface area contributed by atoms with Gasteiger partial charge in [0.1, 0.15) is 5.82 Å². The number of halogens is 1. The molecule has 0 fully saturated rings. The van der Waals surface area contributed by atoms with Gasteiger partial charge in [0.2, 0.25) is 0 Å². The molecule has 0 saturated carbocycles. The standard InChI is InChI=1S/C16H11F/c1-3-13-6-4-5-7-16(13)12(2)14-8-10-15(17)11-9-14/h1,4-11H,2H2. The second kappa shape index (κ2) is 4.67. The van der Waals surface area contributed by atoms with E-state index in [1.54, 1.807) is 12.1 Å². The lowest BCUT2D eigenvalue weighted by molar-refractivity contribution is 0.627. The second-order valence-corrected chi connectivity index (χ2v) is 3.68. The molecule has 82 valence electrons. The van der Waals surface area contributed by atoms with Crippen LogP contribution in [0.5, 0.6) is 0 Å². The first-order valence-electron chi connectivity index (χ1n) is 5.23. The molecule has 0 radical (unpaired) electrons. The van der Waals surface area contributed by atoms with Crippen LogP contribution in [0.15, 0.2) is 55.1 Å². The van der Waals surface area contributed by atoms with Gasteiger partial charge >= 0.3 is 0 Å². The van der Waals surface area contributed by atoms with Crippen LogP contribution in [0.2, 0.25) is 0 Å². The van der Waals surface area contributed by atoms with Crippen LogP contribution in [-0.2, 0) is 0 Å². The molecule has 17 heavy (non-hydrogen) atoms. The molecule has 0 aromatic heterocycles. The average Bonchev–Trinajstić information content (AvgIpc) is 2.39. The van der Waals surface area contributed by atoms with E-state index in [0.29, 0.717) is 0 Å². The molecule has 0 spiro atoms. The first-order valence-corrected chi connectivity index (χ1v) is 5.23. The summed E-state index contributed by atoms with van der Waals surface area (Å²) < 4.78 is 12.8. The second-order valence-electron chi connectivity index (χ2n) is 3.68. The van der Waals surface area contributed by atoms with Gasteiger partial charge in [0, 0.05) is 5.56 Å². The fraction of sp³-hybridized carbons (Fsp3) is 0. The van der Waals surface area contributed by atoms with Crippen molar-refractivity contribution < 1.29 is 4.39 Å². The predicted molar refractivity (Wildman–Crippen MR) is 68.9 cm³/mol. The van der Waals surface area contributed by atoms with Gasteiger partial charge in [0.05, 0.1) is 0 Å². The first kappa shape index (κ1) is 11.2. The van der Waals surface area contributed by atoms with Crippen molar-refractivity contribution in [3.63, 3.8) is 0 Å². The van der Waals surface area contributed by atoms with Crippen molar-refractivity contribution in [1.29, 1.82) is 0 Å². The zero-order chi connectivity index (χ0) is 12.3. The molecule has 0 amide bonds. The molecular weight excluding hydrogens is 211 g/mol. The van der Waals surface area contributed by atoms with Crippen LogP contribution >= 0.6 is 0 Å². The molecule has 2 aromatic rings. The van der Waals surface area contributed by atoms with Crippen molar-refractivity contribution in [2.24, 2.45) is 0 Å². The molecule has 0 nitrogen and oxygen atoms in total. The number of benzene rings is 2. The Kier molecular flexibility index (Phi) is 3.07. The van der Waals surface area contributed by atoms with Crippen molar-refractivity contribution in [2.45, 2.75) is 0 Å². The maximum absolute atomic E-state index is 12.8. The van der Waals surface area contributed by atoms with E-state index in [1.165, 1.54) is 12.1 Å². The molecule has 0 aliphatic heterocycles. The van der Waals surface area contributed by atoms with Gasteiger partial charge in [-0.15, -0.1) is 6.42 Å². The molecule has 2 aromatic carbocycles. The monoisotopic (exact) mass is 222 g/mol. The summed E-state index contributed by atoms with van der Waals surface area (Å²) in [5.41, 5.74) is 3.37. The minimum atomic E-state index is -0.258. The third-order valence-corrected chi connectivity index (χ3v) is 2.60. The molecule has 0 N–H and O–H groups in total. The summed E-state index contributed by atoms with van der Waals surface area (Å²) in [7, 11) is 0. The molecule has 0 aliphatic rings. The van der Waals surface area contributed by atoms with E-state index in [4.69, 9.17) is 6.42 Å². The Balaban J connectivity index is 2.44. The minimum absolute atomic E-state index is 0.258. The summed E-state index contributed by atoms with van der Waals surface area (Å²) in [5, 5.41) is 0. The Morgan fingerprint density at radius 2 is 1.71 bits per heavy atom. The number of terminal acetylenes is 1. The maximum Gasteiger partial charge on any atom is 0.123 e. The molecule has 0 atom stereocenters. The van der Waals surface area contributed by atoms with E-state index in [0.717, 1.165) is 22.3 Å². The van der Waals surface area contributed by atoms with Gasteiger partial charge in [-0.1, -0.05) is 42.8 Å². The van der Waals surface area contributed by atoms with Crippen molar-refractivity contribution in [3.8, 4) is 12.3 Å². The Hall–Kier alpha value is -2.33. The smallest absolute Gasteiger partial charge is 0.123 e. The van der Waals surface area contributed by atoms with Gasteiger partial charge in [-0.2, -0.15) is 0 Å². The van der Waals surface area contributed by atoms with Crippen molar-refractivity contribution in [1.82, 2.24) is 0 Å². The molecule has 0 bridgehead atoms. The maximum atomic E-state index is 12.8. The van der Waals surface area contributed by atoms with E-state index in [-0.39, 0.29) is 5.82 Å². The van der Waals surface area contributed by atoms with Crippen LogP contribution in [-0.4, -0.2) is 0 Å². The largest absolute Gasteiger partial charge is 0.207 e. The Morgan fingerprint density at radius 1 is 1.06 bits per heavy atom. The van der Waals surface area contributed by atoms with Crippen LogP contribution < -0.4 is 0 Å².